The molecule has 1 aromatic rings. The molecule has 0 saturated heterocycles. The molecule has 0 spiro atoms. The van der Waals surface area contributed by atoms with Crippen molar-refractivity contribution in [2.75, 3.05) is 0 Å². The Morgan fingerprint density at radius 1 is 1.59 bits per heavy atom. The fraction of sp³-hybridized carbons (Fsp3) is 0.667. The average molecular weight is 254 g/mol. The number of hydrogen-bond acceptors (Lipinski definition) is 4. The predicted octanol–water partition coefficient (Wildman–Crippen LogP) is 2.15. The second-order valence-electron chi connectivity index (χ2n) is 4.63. The molecule has 1 atom stereocenters. The third kappa shape index (κ3) is 3.26. The number of aliphatic carboxylic acids is 1. The number of nitrogens with two attached hydrogens (primary N) is 1. The summed E-state index contributed by atoms with van der Waals surface area (Å²) in [4.78, 5) is 15.2. The smallest absolute Gasteiger partial charge is 0.320 e. The van der Waals surface area contributed by atoms with Gasteiger partial charge in [0.1, 0.15) is 6.04 Å². The van der Waals surface area contributed by atoms with E-state index in [1.807, 2.05) is 0 Å². The number of carbonyl (C=O) groups is 1. The van der Waals surface area contributed by atoms with Crippen LogP contribution < -0.4 is 5.73 Å². The van der Waals surface area contributed by atoms with Gasteiger partial charge in [0.15, 0.2) is 0 Å². The normalized spacial score (nSPS) is 18.4. The number of aryl methyl sites for hydroxylation is 1. The molecule has 17 heavy (non-hydrogen) atoms. The maximum absolute atomic E-state index is 10.6. The van der Waals surface area contributed by atoms with E-state index in [4.69, 9.17) is 10.8 Å². The lowest BCUT2D eigenvalue weighted by Crippen LogP contribution is -2.30. The Morgan fingerprint density at radius 2 is 2.29 bits per heavy atom. The van der Waals surface area contributed by atoms with E-state index >= 15 is 0 Å². The highest BCUT2D eigenvalue weighted by Crippen LogP contribution is 2.34. The molecule has 5 heteroatoms. The number of hydrogen-bond donors (Lipinski definition) is 2. The number of thiazole rings is 1. The molecular formula is C12H18N2O2S. The van der Waals surface area contributed by atoms with E-state index < -0.39 is 12.0 Å². The summed E-state index contributed by atoms with van der Waals surface area (Å²) in [5, 5.41) is 11.8. The summed E-state index contributed by atoms with van der Waals surface area (Å²) in [6.07, 6.45) is 6.25. The first kappa shape index (κ1) is 12.5. The van der Waals surface area contributed by atoms with E-state index in [1.165, 1.54) is 31.4 Å². The number of rotatable bonds is 5. The van der Waals surface area contributed by atoms with Crippen LogP contribution in [0.2, 0.25) is 0 Å². The Kier molecular flexibility index (Phi) is 4.12. The quantitative estimate of drug-likeness (QED) is 0.844. The maximum atomic E-state index is 10.6. The monoisotopic (exact) mass is 254 g/mol. The van der Waals surface area contributed by atoms with Gasteiger partial charge in [0.2, 0.25) is 0 Å². The van der Waals surface area contributed by atoms with Crippen LogP contribution in [0.3, 0.4) is 0 Å². The van der Waals surface area contributed by atoms with Gasteiger partial charge < -0.3 is 10.8 Å². The molecule has 1 saturated carbocycles. The molecule has 0 bridgehead atoms. The van der Waals surface area contributed by atoms with Crippen molar-refractivity contribution in [3.8, 4) is 0 Å². The number of carboxylic acid groups (broad SMARTS) is 1. The summed E-state index contributed by atoms with van der Waals surface area (Å²) in [6, 6.07) is -0.770. The third-order valence-electron chi connectivity index (χ3n) is 3.33. The summed E-state index contributed by atoms with van der Waals surface area (Å²) in [5.74, 6) is -0.300. The Bertz CT molecular complexity index is 386. The first-order chi connectivity index (χ1) is 8.16. The standard InChI is InChI=1S/C12H18N2O2S/c13-9(12(15)16)5-6-11-14-10(7-17-11)8-3-1-2-4-8/h7-9H,1-6,13H2,(H,15,16). The first-order valence-corrected chi connectivity index (χ1v) is 6.97. The lowest BCUT2D eigenvalue weighted by molar-refractivity contribution is -0.138. The van der Waals surface area contributed by atoms with Gasteiger partial charge in [0.25, 0.3) is 0 Å². The lowest BCUT2D eigenvalue weighted by atomic mass is 10.1. The summed E-state index contributed by atoms with van der Waals surface area (Å²) >= 11 is 1.63. The van der Waals surface area contributed by atoms with Crippen LogP contribution in [0.25, 0.3) is 0 Å². The molecule has 1 aliphatic carbocycles. The molecule has 2 rings (SSSR count). The summed E-state index contributed by atoms with van der Waals surface area (Å²) in [7, 11) is 0. The van der Waals surface area contributed by atoms with Gasteiger partial charge in [-0.15, -0.1) is 11.3 Å². The van der Waals surface area contributed by atoms with Crippen molar-refractivity contribution in [1.29, 1.82) is 0 Å². The molecule has 0 radical (unpaired) electrons. The van der Waals surface area contributed by atoms with Gasteiger partial charge in [0, 0.05) is 17.7 Å². The lowest BCUT2D eigenvalue weighted by Gasteiger charge is -2.04. The van der Waals surface area contributed by atoms with E-state index in [1.54, 1.807) is 11.3 Å². The maximum Gasteiger partial charge on any atom is 0.320 e. The summed E-state index contributed by atoms with van der Waals surface area (Å²) < 4.78 is 0. The Hall–Kier alpha value is -0.940. The number of carboxylic acids is 1. The molecule has 0 amide bonds. The fourth-order valence-electron chi connectivity index (χ4n) is 2.25. The zero-order valence-electron chi connectivity index (χ0n) is 9.76. The van der Waals surface area contributed by atoms with Crippen LogP contribution in [-0.2, 0) is 11.2 Å². The topological polar surface area (TPSA) is 76.2 Å². The molecule has 94 valence electrons. The van der Waals surface area contributed by atoms with Crippen molar-refractivity contribution in [3.63, 3.8) is 0 Å². The van der Waals surface area contributed by atoms with Crippen molar-refractivity contribution < 1.29 is 9.90 Å². The van der Waals surface area contributed by atoms with Crippen LogP contribution in [0, 0.1) is 0 Å². The molecule has 3 N–H and O–H groups in total. The van der Waals surface area contributed by atoms with Crippen molar-refractivity contribution in [3.05, 3.63) is 16.1 Å². The Labute approximate surface area is 105 Å². The van der Waals surface area contributed by atoms with Gasteiger partial charge in [-0.25, -0.2) is 4.98 Å². The largest absolute Gasteiger partial charge is 0.480 e. The summed E-state index contributed by atoms with van der Waals surface area (Å²) in [6.45, 7) is 0. The van der Waals surface area contributed by atoms with Gasteiger partial charge in [-0.1, -0.05) is 12.8 Å². The third-order valence-corrected chi connectivity index (χ3v) is 4.26. The second kappa shape index (κ2) is 5.60. The van der Waals surface area contributed by atoms with E-state index in [9.17, 15) is 4.79 Å². The van der Waals surface area contributed by atoms with Crippen LogP contribution in [0.4, 0.5) is 0 Å². The molecule has 1 fully saturated rings. The minimum absolute atomic E-state index is 0.465. The Balaban J connectivity index is 1.87. The minimum atomic E-state index is -0.933. The van der Waals surface area contributed by atoms with Crippen molar-refractivity contribution in [2.45, 2.75) is 50.5 Å². The number of aromatic nitrogens is 1. The molecule has 1 unspecified atom stereocenters. The molecule has 1 aliphatic rings. The molecule has 1 heterocycles. The highest BCUT2D eigenvalue weighted by molar-refractivity contribution is 7.09. The van der Waals surface area contributed by atoms with Gasteiger partial charge in [-0.2, -0.15) is 0 Å². The molecule has 1 aromatic heterocycles. The van der Waals surface area contributed by atoms with Crippen LogP contribution in [0.15, 0.2) is 5.38 Å². The predicted molar refractivity (Wildman–Crippen MR) is 67.3 cm³/mol. The van der Waals surface area contributed by atoms with E-state index in [0.29, 0.717) is 18.8 Å². The molecule has 0 aliphatic heterocycles. The van der Waals surface area contributed by atoms with E-state index in [-0.39, 0.29) is 0 Å². The molecular weight excluding hydrogens is 236 g/mol. The minimum Gasteiger partial charge on any atom is -0.480 e. The molecule has 0 aromatic carbocycles. The SMILES string of the molecule is NC(CCc1nc(C2CCCC2)cs1)C(=O)O. The van der Waals surface area contributed by atoms with Crippen molar-refractivity contribution in [2.24, 2.45) is 5.73 Å². The zero-order chi connectivity index (χ0) is 12.3. The van der Waals surface area contributed by atoms with Gasteiger partial charge in [-0.05, 0) is 19.3 Å². The van der Waals surface area contributed by atoms with E-state index in [0.717, 1.165) is 5.01 Å². The average Bonchev–Trinajstić information content (AvgIpc) is 2.95. The fourth-order valence-corrected chi connectivity index (χ4v) is 3.15. The first-order valence-electron chi connectivity index (χ1n) is 6.09. The van der Waals surface area contributed by atoms with Gasteiger partial charge in [0.05, 0.1) is 10.7 Å². The zero-order valence-corrected chi connectivity index (χ0v) is 10.6. The van der Waals surface area contributed by atoms with Crippen LogP contribution in [-0.4, -0.2) is 22.1 Å². The highest BCUT2D eigenvalue weighted by atomic mass is 32.1. The van der Waals surface area contributed by atoms with E-state index in [2.05, 4.69) is 10.4 Å². The Morgan fingerprint density at radius 3 is 2.94 bits per heavy atom. The second-order valence-corrected chi connectivity index (χ2v) is 5.57. The van der Waals surface area contributed by atoms with Gasteiger partial charge >= 0.3 is 5.97 Å². The van der Waals surface area contributed by atoms with Crippen LogP contribution in [0.5, 0.6) is 0 Å². The number of nitrogens with zero attached hydrogens (tertiary/aromatic N) is 1. The molecule has 4 nitrogen and oxygen atoms in total. The van der Waals surface area contributed by atoms with Crippen molar-refractivity contribution in [1.82, 2.24) is 4.98 Å². The highest BCUT2D eigenvalue weighted by Gasteiger charge is 2.20. The summed E-state index contributed by atoms with van der Waals surface area (Å²) in [5.41, 5.74) is 6.67. The van der Waals surface area contributed by atoms with Crippen LogP contribution >= 0.6 is 11.3 Å². The van der Waals surface area contributed by atoms with Gasteiger partial charge in [-0.3, -0.25) is 4.79 Å². The van der Waals surface area contributed by atoms with Crippen LogP contribution in [0.1, 0.15) is 48.7 Å². The van der Waals surface area contributed by atoms with Crippen molar-refractivity contribution >= 4 is 17.3 Å².